The normalized spacial score (nSPS) is 20.8. The van der Waals surface area contributed by atoms with Crippen LogP contribution in [0.2, 0.25) is 0 Å². The molecular formula is C24H27N3O5. The SMILES string of the molecule is C/C=C1/c2cc(OC)ccc2CN1C[C@@]1(c2ccc(OCCOC)cc2)NC(=O)NC1=O. The van der Waals surface area contributed by atoms with Crippen LogP contribution in [-0.4, -0.2) is 50.8 Å². The van der Waals surface area contributed by atoms with Crippen molar-refractivity contribution in [2.45, 2.75) is 19.0 Å². The summed E-state index contributed by atoms with van der Waals surface area (Å²) in [6, 6.07) is 12.7. The summed E-state index contributed by atoms with van der Waals surface area (Å²) in [5.74, 6) is 1.07. The molecule has 0 aromatic heterocycles. The van der Waals surface area contributed by atoms with E-state index in [1.807, 2.05) is 43.3 Å². The van der Waals surface area contributed by atoms with Crippen molar-refractivity contribution in [3.63, 3.8) is 0 Å². The van der Waals surface area contributed by atoms with Gasteiger partial charge in [0.25, 0.3) is 5.91 Å². The predicted molar refractivity (Wildman–Crippen MR) is 119 cm³/mol. The van der Waals surface area contributed by atoms with Crippen molar-refractivity contribution in [3.8, 4) is 11.5 Å². The van der Waals surface area contributed by atoms with Crippen LogP contribution < -0.4 is 20.1 Å². The summed E-state index contributed by atoms with van der Waals surface area (Å²) < 4.78 is 16.0. The molecule has 168 valence electrons. The molecule has 0 aliphatic carbocycles. The minimum atomic E-state index is -1.22. The maximum Gasteiger partial charge on any atom is 0.322 e. The molecule has 1 fully saturated rings. The van der Waals surface area contributed by atoms with E-state index < -0.39 is 11.6 Å². The Morgan fingerprint density at radius 3 is 2.44 bits per heavy atom. The van der Waals surface area contributed by atoms with E-state index in [0.717, 1.165) is 22.6 Å². The Morgan fingerprint density at radius 1 is 1.06 bits per heavy atom. The molecule has 1 saturated heterocycles. The van der Waals surface area contributed by atoms with Gasteiger partial charge in [0.15, 0.2) is 5.54 Å². The Hall–Kier alpha value is -3.52. The second-order valence-electron chi connectivity index (χ2n) is 7.73. The first-order chi connectivity index (χ1) is 15.5. The van der Waals surface area contributed by atoms with Gasteiger partial charge in [0.2, 0.25) is 0 Å². The molecule has 4 rings (SSSR count). The number of allylic oxidation sites excluding steroid dienone is 1. The van der Waals surface area contributed by atoms with Gasteiger partial charge in [0, 0.05) is 24.9 Å². The second kappa shape index (κ2) is 8.92. The number of amides is 3. The van der Waals surface area contributed by atoms with Crippen molar-refractivity contribution in [1.82, 2.24) is 15.5 Å². The number of carbonyl (C=O) groups excluding carboxylic acids is 2. The van der Waals surface area contributed by atoms with Crippen LogP contribution in [-0.2, 0) is 21.6 Å². The Balaban J connectivity index is 1.63. The lowest BCUT2D eigenvalue weighted by molar-refractivity contribution is -0.124. The fourth-order valence-corrected chi connectivity index (χ4v) is 4.26. The minimum Gasteiger partial charge on any atom is -0.497 e. The molecule has 2 aromatic rings. The first kappa shape index (κ1) is 21.7. The lowest BCUT2D eigenvalue weighted by Gasteiger charge is -2.33. The molecule has 2 heterocycles. The zero-order valence-electron chi connectivity index (χ0n) is 18.4. The van der Waals surface area contributed by atoms with Gasteiger partial charge < -0.3 is 24.4 Å². The Bertz CT molecular complexity index is 1050. The van der Waals surface area contributed by atoms with Gasteiger partial charge in [-0.2, -0.15) is 0 Å². The fourth-order valence-electron chi connectivity index (χ4n) is 4.26. The number of carbonyl (C=O) groups is 2. The van der Waals surface area contributed by atoms with Crippen LogP contribution in [0.3, 0.4) is 0 Å². The molecule has 3 amide bonds. The number of ether oxygens (including phenoxy) is 3. The first-order valence-corrected chi connectivity index (χ1v) is 10.4. The molecule has 32 heavy (non-hydrogen) atoms. The average Bonchev–Trinajstić information content (AvgIpc) is 3.29. The summed E-state index contributed by atoms with van der Waals surface area (Å²) in [4.78, 5) is 27.3. The van der Waals surface area contributed by atoms with Crippen molar-refractivity contribution in [1.29, 1.82) is 0 Å². The molecule has 2 aliphatic heterocycles. The molecule has 2 aliphatic rings. The number of hydrogen-bond acceptors (Lipinski definition) is 6. The fraction of sp³-hybridized carbons (Fsp3) is 0.333. The Kier molecular flexibility index (Phi) is 6.05. The highest BCUT2D eigenvalue weighted by Crippen LogP contribution is 2.38. The summed E-state index contributed by atoms with van der Waals surface area (Å²) in [5, 5.41) is 5.28. The maximum absolute atomic E-state index is 13.1. The van der Waals surface area contributed by atoms with Crippen molar-refractivity contribution in [2.24, 2.45) is 0 Å². The Labute approximate surface area is 187 Å². The highest BCUT2D eigenvalue weighted by atomic mass is 16.5. The summed E-state index contributed by atoms with van der Waals surface area (Å²) in [6.45, 7) is 3.78. The number of benzene rings is 2. The van der Waals surface area contributed by atoms with E-state index in [1.165, 1.54) is 0 Å². The molecule has 8 heteroatoms. The van der Waals surface area contributed by atoms with Crippen LogP contribution in [0.15, 0.2) is 48.5 Å². The van der Waals surface area contributed by atoms with Crippen LogP contribution in [0.5, 0.6) is 11.5 Å². The van der Waals surface area contributed by atoms with Gasteiger partial charge in [-0.25, -0.2) is 4.79 Å². The summed E-state index contributed by atoms with van der Waals surface area (Å²) >= 11 is 0. The van der Waals surface area contributed by atoms with Gasteiger partial charge in [0.05, 0.1) is 20.3 Å². The number of methoxy groups -OCH3 is 2. The standard InChI is InChI=1S/C24H27N3O5/c1-4-21-20-13-19(31-3)8-5-16(20)14-27(21)15-24(22(28)25-23(29)26-24)17-6-9-18(10-7-17)32-12-11-30-2/h4-10,13H,11-12,14-15H2,1-3H3,(H2,25,26,28,29)/b21-4-/t24-/m0/s1. The van der Waals surface area contributed by atoms with Crippen molar-refractivity contribution in [3.05, 3.63) is 65.2 Å². The Morgan fingerprint density at radius 2 is 1.81 bits per heavy atom. The van der Waals surface area contributed by atoms with Gasteiger partial charge in [0.1, 0.15) is 18.1 Å². The molecule has 8 nitrogen and oxygen atoms in total. The third-order valence-electron chi connectivity index (χ3n) is 5.84. The topological polar surface area (TPSA) is 89.1 Å². The van der Waals surface area contributed by atoms with E-state index in [9.17, 15) is 9.59 Å². The van der Waals surface area contributed by atoms with Crippen LogP contribution in [0.25, 0.3) is 5.70 Å². The van der Waals surface area contributed by atoms with E-state index in [1.54, 1.807) is 26.4 Å². The van der Waals surface area contributed by atoms with Gasteiger partial charge in [-0.1, -0.05) is 24.3 Å². The van der Waals surface area contributed by atoms with Gasteiger partial charge >= 0.3 is 6.03 Å². The van der Waals surface area contributed by atoms with E-state index in [2.05, 4.69) is 15.5 Å². The van der Waals surface area contributed by atoms with E-state index in [-0.39, 0.29) is 12.5 Å². The molecule has 2 aromatic carbocycles. The van der Waals surface area contributed by atoms with E-state index in [4.69, 9.17) is 14.2 Å². The number of rotatable bonds is 8. The number of hydrogen-bond donors (Lipinski definition) is 2. The molecule has 1 atom stereocenters. The maximum atomic E-state index is 13.1. The van der Waals surface area contributed by atoms with Crippen LogP contribution in [0.1, 0.15) is 23.6 Å². The summed E-state index contributed by atoms with van der Waals surface area (Å²) in [5.41, 5.74) is 2.66. The molecule has 0 bridgehead atoms. The molecular weight excluding hydrogens is 410 g/mol. The van der Waals surface area contributed by atoms with Crippen molar-refractivity contribution in [2.75, 3.05) is 34.0 Å². The average molecular weight is 437 g/mol. The number of urea groups is 1. The van der Waals surface area contributed by atoms with Crippen LogP contribution in [0.4, 0.5) is 4.79 Å². The second-order valence-corrected chi connectivity index (χ2v) is 7.73. The summed E-state index contributed by atoms with van der Waals surface area (Å²) in [7, 11) is 3.25. The van der Waals surface area contributed by atoms with E-state index >= 15 is 0 Å². The largest absolute Gasteiger partial charge is 0.497 e. The van der Waals surface area contributed by atoms with E-state index in [0.29, 0.717) is 31.1 Å². The molecule has 0 saturated carbocycles. The first-order valence-electron chi connectivity index (χ1n) is 10.4. The molecule has 0 unspecified atom stereocenters. The van der Waals surface area contributed by atoms with Crippen LogP contribution in [0, 0.1) is 0 Å². The monoisotopic (exact) mass is 437 g/mol. The smallest absolute Gasteiger partial charge is 0.322 e. The number of nitrogens with zero attached hydrogens (tertiary/aromatic N) is 1. The van der Waals surface area contributed by atoms with Crippen molar-refractivity contribution >= 4 is 17.6 Å². The molecule has 0 radical (unpaired) electrons. The zero-order valence-corrected chi connectivity index (χ0v) is 18.4. The number of nitrogens with one attached hydrogen (secondary N) is 2. The molecule has 2 N–H and O–H groups in total. The minimum absolute atomic E-state index is 0.283. The third-order valence-corrected chi connectivity index (χ3v) is 5.84. The van der Waals surface area contributed by atoms with Crippen molar-refractivity contribution < 1.29 is 23.8 Å². The molecule has 0 spiro atoms. The highest BCUT2D eigenvalue weighted by Gasteiger charge is 2.49. The van der Waals surface area contributed by atoms with Gasteiger partial charge in [-0.3, -0.25) is 10.1 Å². The van der Waals surface area contributed by atoms with Gasteiger partial charge in [-0.15, -0.1) is 0 Å². The quantitative estimate of drug-likeness (QED) is 0.488. The van der Waals surface area contributed by atoms with Gasteiger partial charge in [-0.05, 0) is 42.3 Å². The third kappa shape index (κ3) is 3.89. The number of imide groups is 1. The lowest BCUT2D eigenvalue weighted by atomic mass is 9.89. The van der Waals surface area contributed by atoms with Crippen LogP contribution >= 0.6 is 0 Å². The lowest BCUT2D eigenvalue weighted by Crippen LogP contribution is -2.51. The summed E-state index contributed by atoms with van der Waals surface area (Å²) in [6.07, 6.45) is 2.01. The number of fused-ring (bicyclic) bond motifs is 1. The zero-order chi connectivity index (χ0) is 22.7. The highest BCUT2D eigenvalue weighted by molar-refractivity contribution is 6.07. The predicted octanol–water partition coefficient (Wildman–Crippen LogP) is 2.63.